The third-order valence-corrected chi connectivity index (χ3v) is 5.17. The number of carbonyl (C=O) groups excluding carboxylic acids is 1. The minimum Gasteiger partial charge on any atom is -0.493 e. The van der Waals surface area contributed by atoms with Crippen LogP contribution in [0.5, 0.6) is 5.75 Å². The molecule has 0 spiro atoms. The molecule has 148 valence electrons. The van der Waals surface area contributed by atoms with Gasteiger partial charge in [-0.05, 0) is 60.1 Å². The molecule has 29 heavy (non-hydrogen) atoms. The van der Waals surface area contributed by atoms with Gasteiger partial charge in [0.1, 0.15) is 5.75 Å². The Morgan fingerprint density at radius 3 is 2.62 bits per heavy atom. The van der Waals surface area contributed by atoms with E-state index in [2.05, 4.69) is 60.7 Å². The van der Waals surface area contributed by atoms with E-state index in [9.17, 15) is 4.79 Å². The maximum absolute atomic E-state index is 12.7. The minimum absolute atomic E-state index is 0.0594. The first-order valence-electron chi connectivity index (χ1n) is 9.96. The van der Waals surface area contributed by atoms with Crippen LogP contribution in [0.15, 0.2) is 66.7 Å². The van der Waals surface area contributed by atoms with Crippen LogP contribution in [0.3, 0.4) is 0 Å². The highest BCUT2D eigenvalue weighted by atomic mass is 16.5. The van der Waals surface area contributed by atoms with Crippen LogP contribution < -0.4 is 10.1 Å². The molecule has 1 N–H and O–H groups in total. The summed E-state index contributed by atoms with van der Waals surface area (Å²) in [5.41, 5.74) is 6.48. The second-order valence-electron chi connectivity index (χ2n) is 7.70. The van der Waals surface area contributed by atoms with Crippen molar-refractivity contribution in [2.75, 3.05) is 20.7 Å². The van der Waals surface area contributed by atoms with Crippen LogP contribution in [0.25, 0.3) is 11.1 Å². The molecule has 0 aromatic heterocycles. The van der Waals surface area contributed by atoms with Gasteiger partial charge in [-0.1, -0.05) is 48.5 Å². The van der Waals surface area contributed by atoms with Gasteiger partial charge in [0.25, 0.3) is 5.91 Å². The van der Waals surface area contributed by atoms with Gasteiger partial charge in [-0.15, -0.1) is 0 Å². The first kappa shape index (κ1) is 19.2. The van der Waals surface area contributed by atoms with Crippen LogP contribution in [0.2, 0.25) is 0 Å². The molecule has 1 heterocycles. The summed E-state index contributed by atoms with van der Waals surface area (Å²) >= 11 is 0. The summed E-state index contributed by atoms with van der Waals surface area (Å²) in [7, 11) is 4.14. The van der Waals surface area contributed by atoms with Gasteiger partial charge in [0.05, 0.1) is 6.61 Å². The predicted octanol–water partition coefficient (Wildman–Crippen LogP) is 4.28. The van der Waals surface area contributed by atoms with Crippen molar-refractivity contribution in [1.82, 2.24) is 10.2 Å². The summed E-state index contributed by atoms with van der Waals surface area (Å²) in [6, 6.07) is 22.5. The smallest absolute Gasteiger partial charge is 0.251 e. The van der Waals surface area contributed by atoms with E-state index in [-0.39, 0.29) is 5.91 Å². The molecule has 0 unspecified atom stereocenters. The van der Waals surface area contributed by atoms with Crippen molar-refractivity contribution >= 4 is 5.91 Å². The highest BCUT2D eigenvalue weighted by Gasteiger charge is 2.15. The second kappa shape index (κ2) is 8.50. The quantitative estimate of drug-likeness (QED) is 0.688. The normalized spacial score (nSPS) is 12.5. The lowest BCUT2D eigenvalue weighted by atomic mass is 9.98. The number of hydrogen-bond donors (Lipinski definition) is 1. The fraction of sp³-hybridized carbons (Fsp3) is 0.240. The first-order valence-corrected chi connectivity index (χ1v) is 9.96. The SMILES string of the molecule is CN(C)Cc1ccc(-c2ccccc2CNC(=O)c2ccc3c(c2)CCO3)cc1. The number of ether oxygens (including phenoxy) is 1. The van der Waals surface area contributed by atoms with Gasteiger partial charge in [-0.2, -0.15) is 0 Å². The van der Waals surface area contributed by atoms with Crippen molar-refractivity contribution < 1.29 is 9.53 Å². The van der Waals surface area contributed by atoms with Gasteiger partial charge in [-0.3, -0.25) is 4.79 Å². The van der Waals surface area contributed by atoms with Gasteiger partial charge < -0.3 is 15.0 Å². The van der Waals surface area contributed by atoms with Crippen LogP contribution >= 0.6 is 0 Å². The molecule has 0 aliphatic carbocycles. The fourth-order valence-electron chi connectivity index (χ4n) is 3.72. The number of amides is 1. The number of benzene rings is 3. The van der Waals surface area contributed by atoms with E-state index in [0.717, 1.165) is 41.0 Å². The zero-order valence-corrected chi connectivity index (χ0v) is 16.9. The number of carbonyl (C=O) groups is 1. The Hall–Kier alpha value is -3.11. The lowest BCUT2D eigenvalue weighted by Crippen LogP contribution is -2.23. The molecule has 4 heteroatoms. The molecule has 0 atom stereocenters. The lowest BCUT2D eigenvalue weighted by Gasteiger charge is -2.13. The lowest BCUT2D eigenvalue weighted by molar-refractivity contribution is 0.0951. The highest BCUT2D eigenvalue weighted by molar-refractivity contribution is 5.94. The fourth-order valence-corrected chi connectivity index (χ4v) is 3.72. The van der Waals surface area contributed by atoms with Gasteiger partial charge in [-0.25, -0.2) is 0 Å². The van der Waals surface area contributed by atoms with E-state index in [0.29, 0.717) is 18.7 Å². The van der Waals surface area contributed by atoms with Crippen LogP contribution in [0.1, 0.15) is 27.0 Å². The Morgan fingerprint density at radius 1 is 1.03 bits per heavy atom. The van der Waals surface area contributed by atoms with Crippen molar-refractivity contribution in [1.29, 1.82) is 0 Å². The molecule has 3 aromatic carbocycles. The Labute approximate surface area is 172 Å². The van der Waals surface area contributed by atoms with E-state index in [4.69, 9.17) is 4.74 Å². The Morgan fingerprint density at radius 2 is 1.83 bits per heavy atom. The molecule has 0 saturated heterocycles. The maximum atomic E-state index is 12.7. The van der Waals surface area contributed by atoms with Crippen molar-refractivity contribution in [3.05, 3.63) is 89.0 Å². The number of hydrogen-bond acceptors (Lipinski definition) is 3. The van der Waals surface area contributed by atoms with E-state index in [1.165, 1.54) is 5.56 Å². The summed E-state index contributed by atoms with van der Waals surface area (Å²) < 4.78 is 5.52. The van der Waals surface area contributed by atoms with E-state index in [1.54, 1.807) is 0 Å². The second-order valence-corrected chi connectivity index (χ2v) is 7.70. The Balaban J connectivity index is 1.48. The molecule has 0 bridgehead atoms. The first-order chi connectivity index (χ1) is 14.1. The van der Waals surface area contributed by atoms with Gasteiger partial charge in [0.15, 0.2) is 0 Å². The maximum Gasteiger partial charge on any atom is 0.251 e. The van der Waals surface area contributed by atoms with Crippen LogP contribution in [-0.4, -0.2) is 31.5 Å². The van der Waals surface area contributed by atoms with Crippen LogP contribution in [0.4, 0.5) is 0 Å². The minimum atomic E-state index is -0.0594. The number of nitrogens with one attached hydrogen (secondary N) is 1. The number of fused-ring (bicyclic) bond motifs is 1. The van der Waals surface area contributed by atoms with Crippen molar-refractivity contribution in [3.8, 4) is 16.9 Å². The predicted molar refractivity (Wildman–Crippen MR) is 116 cm³/mol. The van der Waals surface area contributed by atoms with E-state index < -0.39 is 0 Å². The summed E-state index contributed by atoms with van der Waals surface area (Å²) in [4.78, 5) is 14.8. The summed E-state index contributed by atoms with van der Waals surface area (Å²) in [6.45, 7) is 2.10. The average molecular weight is 386 g/mol. The average Bonchev–Trinajstić information content (AvgIpc) is 3.20. The van der Waals surface area contributed by atoms with Crippen LogP contribution in [0, 0.1) is 0 Å². The van der Waals surface area contributed by atoms with E-state index >= 15 is 0 Å². The Kier molecular flexibility index (Phi) is 5.63. The van der Waals surface area contributed by atoms with Crippen molar-refractivity contribution in [2.24, 2.45) is 0 Å². The third-order valence-electron chi connectivity index (χ3n) is 5.17. The van der Waals surface area contributed by atoms with Crippen molar-refractivity contribution in [2.45, 2.75) is 19.5 Å². The van der Waals surface area contributed by atoms with Crippen molar-refractivity contribution in [3.63, 3.8) is 0 Å². The standard InChI is InChI=1S/C25H26N2O2/c1-27(2)17-18-7-9-19(10-8-18)23-6-4-3-5-22(23)16-26-25(28)21-11-12-24-20(15-21)13-14-29-24/h3-12,15H,13-14,16-17H2,1-2H3,(H,26,28). The Bertz CT molecular complexity index is 1010. The van der Waals surface area contributed by atoms with Gasteiger partial charge in [0.2, 0.25) is 0 Å². The molecular weight excluding hydrogens is 360 g/mol. The summed E-state index contributed by atoms with van der Waals surface area (Å²) in [5, 5.41) is 3.07. The molecule has 0 radical (unpaired) electrons. The van der Waals surface area contributed by atoms with E-state index in [1.807, 2.05) is 30.3 Å². The molecule has 0 fully saturated rings. The van der Waals surface area contributed by atoms with Gasteiger partial charge >= 0.3 is 0 Å². The summed E-state index contributed by atoms with van der Waals surface area (Å²) in [6.07, 6.45) is 0.864. The molecule has 1 aliphatic rings. The zero-order chi connectivity index (χ0) is 20.2. The summed E-state index contributed by atoms with van der Waals surface area (Å²) in [5.74, 6) is 0.834. The van der Waals surface area contributed by atoms with Crippen LogP contribution in [-0.2, 0) is 19.5 Å². The molecule has 1 aliphatic heterocycles. The number of rotatable bonds is 6. The molecular formula is C25H26N2O2. The molecule has 3 aromatic rings. The van der Waals surface area contributed by atoms with Gasteiger partial charge in [0, 0.05) is 25.1 Å². The topological polar surface area (TPSA) is 41.6 Å². The third kappa shape index (κ3) is 4.49. The monoisotopic (exact) mass is 386 g/mol. The molecule has 4 nitrogen and oxygen atoms in total. The number of nitrogens with zero attached hydrogens (tertiary/aromatic N) is 1. The zero-order valence-electron chi connectivity index (χ0n) is 16.9. The molecule has 1 amide bonds. The molecule has 0 saturated carbocycles. The highest BCUT2D eigenvalue weighted by Crippen LogP contribution is 2.27. The largest absolute Gasteiger partial charge is 0.493 e. The molecule has 4 rings (SSSR count).